The SMILES string of the molecule is CC1CCN(Cc2ccccc2)c2cc(F)cc(F)c21. The molecule has 0 fully saturated rings. The Kier molecular flexibility index (Phi) is 3.43. The molecule has 0 saturated heterocycles. The number of hydrogen-bond acceptors (Lipinski definition) is 1. The summed E-state index contributed by atoms with van der Waals surface area (Å²) >= 11 is 0. The third kappa shape index (κ3) is 2.40. The van der Waals surface area contributed by atoms with Crippen molar-refractivity contribution in [1.29, 1.82) is 0 Å². The predicted molar refractivity (Wildman–Crippen MR) is 76.9 cm³/mol. The molecule has 104 valence electrons. The summed E-state index contributed by atoms with van der Waals surface area (Å²) < 4.78 is 27.6. The quantitative estimate of drug-likeness (QED) is 0.780. The maximum Gasteiger partial charge on any atom is 0.131 e. The van der Waals surface area contributed by atoms with Gasteiger partial charge in [0.25, 0.3) is 0 Å². The van der Waals surface area contributed by atoms with Gasteiger partial charge in [0.2, 0.25) is 0 Å². The predicted octanol–water partition coefficient (Wildman–Crippen LogP) is 4.48. The van der Waals surface area contributed by atoms with E-state index in [1.165, 1.54) is 6.07 Å². The van der Waals surface area contributed by atoms with E-state index < -0.39 is 11.6 Å². The van der Waals surface area contributed by atoms with Gasteiger partial charge in [0.15, 0.2) is 0 Å². The lowest BCUT2D eigenvalue weighted by Crippen LogP contribution is -2.31. The molecule has 2 aromatic carbocycles. The van der Waals surface area contributed by atoms with Crippen LogP contribution in [0.2, 0.25) is 0 Å². The number of rotatable bonds is 2. The number of benzene rings is 2. The molecule has 0 N–H and O–H groups in total. The fraction of sp³-hybridized carbons (Fsp3) is 0.294. The van der Waals surface area contributed by atoms with E-state index >= 15 is 0 Å². The van der Waals surface area contributed by atoms with Gasteiger partial charge >= 0.3 is 0 Å². The first-order valence-electron chi connectivity index (χ1n) is 6.93. The van der Waals surface area contributed by atoms with Crippen molar-refractivity contribution in [3.05, 3.63) is 65.2 Å². The van der Waals surface area contributed by atoms with Crippen LogP contribution in [0.3, 0.4) is 0 Å². The number of halogens is 2. The Morgan fingerprint density at radius 2 is 1.90 bits per heavy atom. The number of anilines is 1. The number of nitrogens with zero attached hydrogens (tertiary/aromatic N) is 1. The van der Waals surface area contributed by atoms with Crippen LogP contribution in [0.4, 0.5) is 14.5 Å². The summed E-state index contributed by atoms with van der Waals surface area (Å²) in [6.45, 7) is 3.51. The molecule has 1 atom stereocenters. The molecule has 0 aliphatic carbocycles. The highest BCUT2D eigenvalue weighted by Crippen LogP contribution is 2.38. The van der Waals surface area contributed by atoms with E-state index in [4.69, 9.17) is 0 Å². The van der Waals surface area contributed by atoms with Crippen LogP contribution < -0.4 is 4.90 Å². The van der Waals surface area contributed by atoms with Gasteiger partial charge in [0, 0.05) is 30.4 Å². The Morgan fingerprint density at radius 1 is 1.15 bits per heavy atom. The zero-order valence-electron chi connectivity index (χ0n) is 11.4. The molecule has 1 unspecified atom stereocenters. The van der Waals surface area contributed by atoms with Gasteiger partial charge in [-0.2, -0.15) is 0 Å². The van der Waals surface area contributed by atoms with Gasteiger partial charge in [-0.25, -0.2) is 8.78 Å². The van der Waals surface area contributed by atoms with E-state index in [9.17, 15) is 8.78 Å². The van der Waals surface area contributed by atoms with Gasteiger partial charge in [-0.05, 0) is 24.0 Å². The Labute approximate surface area is 117 Å². The van der Waals surface area contributed by atoms with E-state index in [1.54, 1.807) is 0 Å². The van der Waals surface area contributed by atoms with Gasteiger partial charge in [-0.1, -0.05) is 37.3 Å². The highest BCUT2D eigenvalue weighted by molar-refractivity contribution is 5.58. The van der Waals surface area contributed by atoms with Crippen molar-refractivity contribution in [2.45, 2.75) is 25.8 Å². The maximum atomic E-state index is 14.0. The Hall–Kier alpha value is -1.90. The summed E-state index contributed by atoms with van der Waals surface area (Å²) in [5, 5.41) is 0. The molecule has 3 rings (SSSR count). The first-order valence-corrected chi connectivity index (χ1v) is 6.93. The van der Waals surface area contributed by atoms with Crippen LogP contribution in [-0.4, -0.2) is 6.54 Å². The van der Waals surface area contributed by atoms with Gasteiger partial charge in [0.05, 0.1) is 0 Å². The summed E-state index contributed by atoms with van der Waals surface area (Å²) in [5.74, 6) is -0.795. The van der Waals surface area contributed by atoms with Crippen molar-refractivity contribution < 1.29 is 8.78 Å². The lowest BCUT2D eigenvalue weighted by atomic mass is 9.90. The molecule has 20 heavy (non-hydrogen) atoms. The minimum absolute atomic E-state index is 0.137. The molecule has 0 bridgehead atoms. The number of fused-ring (bicyclic) bond motifs is 1. The summed E-state index contributed by atoms with van der Waals surface area (Å²) in [5.41, 5.74) is 2.50. The molecule has 0 spiro atoms. The van der Waals surface area contributed by atoms with Crippen LogP contribution in [0.15, 0.2) is 42.5 Å². The van der Waals surface area contributed by atoms with Crippen LogP contribution in [0.25, 0.3) is 0 Å². The molecule has 1 heterocycles. The monoisotopic (exact) mass is 273 g/mol. The van der Waals surface area contributed by atoms with Gasteiger partial charge in [-0.3, -0.25) is 0 Å². The second kappa shape index (κ2) is 5.23. The summed E-state index contributed by atoms with van der Waals surface area (Å²) in [4.78, 5) is 2.07. The molecular weight excluding hydrogens is 256 g/mol. The topological polar surface area (TPSA) is 3.24 Å². The van der Waals surface area contributed by atoms with E-state index in [2.05, 4.69) is 4.90 Å². The standard InChI is InChI=1S/C17H17F2N/c1-12-7-8-20(11-13-5-3-2-4-6-13)16-10-14(18)9-15(19)17(12)16/h2-6,9-10,12H,7-8,11H2,1H3. The molecule has 2 aromatic rings. The second-order valence-electron chi connectivity index (χ2n) is 5.42. The van der Waals surface area contributed by atoms with Crippen molar-refractivity contribution in [2.75, 3.05) is 11.4 Å². The lowest BCUT2D eigenvalue weighted by Gasteiger charge is -2.34. The molecule has 0 aromatic heterocycles. The largest absolute Gasteiger partial charge is 0.367 e. The fourth-order valence-corrected chi connectivity index (χ4v) is 2.90. The molecule has 0 radical (unpaired) electrons. The van der Waals surface area contributed by atoms with E-state index in [0.717, 1.165) is 24.6 Å². The molecule has 1 aliphatic heterocycles. The Bertz CT molecular complexity index is 610. The van der Waals surface area contributed by atoms with E-state index in [-0.39, 0.29) is 5.92 Å². The second-order valence-corrected chi connectivity index (χ2v) is 5.42. The smallest absolute Gasteiger partial charge is 0.131 e. The molecule has 0 saturated carbocycles. The van der Waals surface area contributed by atoms with Crippen LogP contribution in [0.1, 0.15) is 30.4 Å². The average Bonchev–Trinajstić information content (AvgIpc) is 2.42. The summed E-state index contributed by atoms with van der Waals surface area (Å²) in [7, 11) is 0. The van der Waals surface area contributed by atoms with Crippen LogP contribution in [-0.2, 0) is 6.54 Å². The zero-order valence-corrected chi connectivity index (χ0v) is 11.4. The minimum Gasteiger partial charge on any atom is -0.367 e. The summed E-state index contributed by atoms with van der Waals surface area (Å²) in [6.07, 6.45) is 0.891. The zero-order chi connectivity index (χ0) is 14.1. The molecule has 3 heteroatoms. The highest BCUT2D eigenvalue weighted by atomic mass is 19.1. The first-order chi connectivity index (χ1) is 9.65. The van der Waals surface area contributed by atoms with Crippen LogP contribution in [0.5, 0.6) is 0 Å². The molecule has 1 aliphatic rings. The van der Waals surface area contributed by atoms with Crippen molar-refractivity contribution in [3.8, 4) is 0 Å². The van der Waals surface area contributed by atoms with Crippen LogP contribution in [0, 0.1) is 11.6 Å². The van der Waals surface area contributed by atoms with Crippen molar-refractivity contribution >= 4 is 5.69 Å². The van der Waals surface area contributed by atoms with Gasteiger partial charge in [0.1, 0.15) is 11.6 Å². The lowest BCUT2D eigenvalue weighted by molar-refractivity contribution is 0.528. The normalized spacial score (nSPS) is 17.9. The summed E-state index contributed by atoms with van der Waals surface area (Å²) in [6, 6.07) is 12.4. The van der Waals surface area contributed by atoms with Gasteiger partial charge in [-0.15, -0.1) is 0 Å². The molecular formula is C17H17F2N. The first kappa shape index (κ1) is 13.1. The third-order valence-corrected chi connectivity index (χ3v) is 3.95. The van der Waals surface area contributed by atoms with E-state index in [0.29, 0.717) is 17.8 Å². The maximum absolute atomic E-state index is 14.0. The van der Waals surface area contributed by atoms with Crippen molar-refractivity contribution in [3.63, 3.8) is 0 Å². The Balaban J connectivity index is 1.98. The third-order valence-electron chi connectivity index (χ3n) is 3.95. The van der Waals surface area contributed by atoms with E-state index in [1.807, 2.05) is 37.3 Å². The van der Waals surface area contributed by atoms with Crippen LogP contribution >= 0.6 is 0 Å². The van der Waals surface area contributed by atoms with Gasteiger partial charge < -0.3 is 4.90 Å². The Morgan fingerprint density at radius 3 is 2.65 bits per heavy atom. The average molecular weight is 273 g/mol. The van der Waals surface area contributed by atoms with Crippen molar-refractivity contribution in [1.82, 2.24) is 0 Å². The molecule has 0 amide bonds. The van der Waals surface area contributed by atoms with Crippen molar-refractivity contribution in [2.24, 2.45) is 0 Å². The highest BCUT2D eigenvalue weighted by Gasteiger charge is 2.26. The minimum atomic E-state index is -0.506. The molecule has 1 nitrogen and oxygen atoms in total. The number of hydrogen-bond donors (Lipinski definition) is 0. The fourth-order valence-electron chi connectivity index (χ4n) is 2.90.